The SMILES string of the molecule is CN(C)Cc1ccc(CSCCNc2ncc(Cc3cccnc3)c(=O)[nH]2)s1. The van der Waals surface area contributed by atoms with E-state index in [1.165, 1.54) is 9.75 Å². The van der Waals surface area contributed by atoms with Crippen molar-refractivity contribution in [3.8, 4) is 0 Å². The van der Waals surface area contributed by atoms with E-state index < -0.39 is 0 Å². The summed E-state index contributed by atoms with van der Waals surface area (Å²) in [5, 5.41) is 3.19. The van der Waals surface area contributed by atoms with Crippen LogP contribution in [-0.2, 0) is 18.7 Å². The first-order valence-corrected chi connectivity index (χ1v) is 11.1. The Morgan fingerprint density at radius 1 is 1.21 bits per heavy atom. The number of hydrogen-bond donors (Lipinski definition) is 2. The van der Waals surface area contributed by atoms with Gasteiger partial charge >= 0.3 is 0 Å². The minimum Gasteiger partial charge on any atom is -0.355 e. The molecule has 28 heavy (non-hydrogen) atoms. The van der Waals surface area contributed by atoms with Gasteiger partial charge in [0.1, 0.15) is 0 Å². The first-order chi connectivity index (χ1) is 13.6. The smallest absolute Gasteiger partial charge is 0.255 e. The van der Waals surface area contributed by atoms with Crippen molar-refractivity contribution in [2.24, 2.45) is 0 Å². The highest BCUT2D eigenvalue weighted by atomic mass is 32.2. The lowest BCUT2D eigenvalue weighted by Gasteiger charge is -2.07. The molecule has 0 amide bonds. The minimum absolute atomic E-state index is 0.110. The molecule has 0 aliphatic heterocycles. The summed E-state index contributed by atoms with van der Waals surface area (Å²) in [5.41, 5.74) is 1.52. The highest BCUT2D eigenvalue weighted by Gasteiger charge is 2.05. The summed E-state index contributed by atoms with van der Waals surface area (Å²) < 4.78 is 0. The first-order valence-electron chi connectivity index (χ1n) is 9.11. The van der Waals surface area contributed by atoms with Crippen LogP contribution in [0.2, 0.25) is 0 Å². The van der Waals surface area contributed by atoms with Crippen molar-refractivity contribution < 1.29 is 0 Å². The van der Waals surface area contributed by atoms with Crippen LogP contribution in [0.25, 0.3) is 0 Å². The van der Waals surface area contributed by atoms with Crippen LogP contribution in [0.3, 0.4) is 0 Å². The fourth-order valence-corrected chi connectivity index (χ4v) is 4.78. The number of H-pyrrole nitrogens is 1. The van der Waals surface area contributed by atoms with Crippen molar-refractivity contribution in [1.82, 2.24) is 19.9 Å². The van der Waals surface area contributed by atoms with Crippen LogP contribution in [0.4, 0.5) is 5.95 Å². The molecule has 0 spiro atoms. The van der Waals surface area contributed by atoms with Crippen LogP contribution in [-0.4, -0.2) is 46.2 Å². The Bertz CT molecular complexity index is 924. The third-order valence-corrected chi connectivity index (χ3v) is 6.22. The lowest BCUT2D eigenvalue weighted by molar-refractivity contribution is 0.406. The maximum atomic E-state index is 12.2. The molecule has 0 aliphatic rings. The molecule has 8 heteroatoms. The molecule has 0 fully saturated rings. The quantitative estimate of drug-likeness (QED) is 0.495. The van der Waals surface area contributed by atoms with Crippen LogP contribution in [0.5, 0.6) is 0 Å². The van der Waals surface area contributed by atoms with Crippen molar-refractivity contribution >= 4 is 29.0 Å². The van der Waals surface area contributed by atoms with E-state index in [0.29, 0.717) is 17.9 Å². The molecular weight excluding hydrogens is 390 g/mol. The molecule has 6 nitrogen and oxygen atoms in total. The summed E-state index contributed by atoms with van der Waals surface area (Å²) in [6.07, 6.45) is 5.65. The molecule has 3 aromatic rings. The van der Waals surface area contributed by atoms with Crippen LogP contribution in [0, 0.1) is 0 Å². The Morgan fingerprint density at radius 3 is 2.82 bits per heavy atom. The fourth-order valence-electron chi connectivity index (χ4n) is 2.67. The van der Waals surface area contributed by atoms with Crippen molar-refractivity contribution in [2.75, 3.05) is 31.7 Å². The molecule has 3 rings (SSSR count). The number of nitrogens with zero attached hydrogens (tertiary/aromatic N) is 3. The summed E-state index contributed by atoms with van der Waals surface area (Å²) in [5.74, 6) is 2.47. The number of nitrogens with one attached hydrogen (secondary N) is 2. The van der Waals surface area contributed by atoms with Crippen molar-refractivity contribution in [1.29, 1.82) is 0 Å². The van der Waals surface area contributed by atoms with Crippen LogP contribution in [0.1, 0.15) is 20.9 Å². The number of thiophene rings is 1. The fraction of sp³-hybridized carbons (Fsp3) is 0.350. The van der Waals surface area contributed by atoms with Gasteiger partial charge in [0.2, 0.25) is 5.95 Å². The zero-order valence-electron chi connectivity index (χ0n) is 16.1. The highest BCUT2D eigenvalue weighted by Crippen LogP contribution is 2.22. The van der Waals surface area contributed by atoms with Gasteiger partial charge in [-0.3, -0.25) is 14.8 Å². The summed E-state index contributed by atoms with van der Waals surface area (Å²) in [6, 6.07) is 8.24. The summed E-state index contributed by atoms with van der Waals surface area (Å²) in [7, 11) is 4.17. The van der Waals surface area contributed by atoms with E-state index in [9.17, 15) is 4.79 Å². The largest absolute Gasteiger partial charge is 0.355 e. The predicted molar refractivity (Wildman–Crippen MR) is 118 cm³/mol. The Labute approximate surface area is 173 Å². The summed E-state index contributed by atoms with van der Waals surface area (Å²) in [4.78, 5) is 28.4. The molecular formula is C20H25N5OS2. The number of aromatic amines is 1. The Morgan fingerprint density at radius 2 is 2.07 bits per heavy atom. The van der Waals surface area contributed by atoms with E-state index in [-0.39, 0.29) is 5.56 Å². The number of thioether (sulfide) groups is 1. The van der Waals surface area contributed by atoms with E-state index in [0.717, 1.165) is 30.2 Å². The Balaban J connectivity index is 1.41. The molecule has 0 aromatic carbocycles. The lowest BCUT2D eigenvalue weighted by Crippen LogP contribution is -2.18. The van der Waals surface area contributed by atoms with E-state index in [1.807, 2.05) is 35.2 Å². The van der Waals surface area contributed by atoms with Gasteiger partial charge in [-0.05, 0) is 37.9 Å². The molecule has 0 saturated heterocycles. The molecule has 148 valence electrons. The molecule has 2 N–H and O–H groups in total. The highest BCUT2D eigenvalue weighted by molar-refractivity contribution is 7.98. The number of rotatable bonds is 10. The number of anilines is 1. The minimum atomic E-state index is -0.110. The van der Waals surface area contributed by atoms with Crippen LogP contribution >= 0.6 is 23.1 Å². The van der Waals surface area contributed by atoms with Gasteiger partial charge in [0.25, 0.3) is 5.56 Å². The molecule has 3 heterocycles. The van der Waals surface area contributed by atoms with Gasteiger partial charge in [0, 0.05) is 64.9 Å². The van der Waals surface area contributed by atoms with Crippen LogP contribution < -0.4 is 10.9 Å². The zero-order valence-corrected chi connectivity index (χ0v) is 17.8. The van der Waals surface area contributed by atoms with Gasteiger partial charge < -0.3 is 10.2 Å². The Kier molecular flexibility index (Phi) is 7.64. The summed E-state index contributed by atoms with van der Waals surface area (Å²) in [6.45, 7) is 1.75. The monoisotopic (exact) mass is 415 g/mol. The zero-order chi connectivity index (χ0) is 19.8. The molecule has 0 atom stereocenters. The van der Waals surface area contributed by atoms with Crippen molar-refractivity contribution in [2.45, 2.75) is 18.7 Å². The van der Waals surface area contributed by atoms with Gasteiger partial charge in [0.05, 0.1) is 0 Å². The molecule has 0 saturated carbocycles. The van der Waals surface area contributed by atoms with E-state index in [1.54, 1.807) is 18.6 Å². The first kappa shape index (κ1) is 20.6. The topological polar surface area (TPSA) is 73.9 Å². The normalized spacial score (nSPS) is 11.1. The van der Waals surface area contributed by atoms with Gasteiger partial charge in [-0.2, -0.15) is 11.8 Å². The van der Waals surface area contributed by atoms with E-state index >= 15 is 0 Å². The van der Waals surface area contributed by atoms with Crippen LogP contribution in [0.15, 0.2) is 47.7 Å². The predicted octanol–water partition coefficient (Wildman–Crippen LogP) is 3.22. The maximum absolute atomic E-state index is 12.2. The molecule has 0 unspecified atom stereocenters. The van der Waals surface area contributed by atoms with Gasteiger partial charge in [0.15, 0.2) is 0 Å². The van der Waals surface area contributed by atoms with Crippen molar-refractivity contribution in [3.63, 3.8) is 0 Å². The standard InChI is InChI=1S/C20H25N5OS2/c1-25(2)13-17-5-6-18(28-17)14-27-9-8-22-20-23-12-16(19(26)24-20)10-15-4-3-7-21-11-15/h3-7,11-12H,8-10,13-14H2,1-2H3,(H2,22,23,24,26). The molecule has 3 aromatic heterocycles. The van der Waals surface area contributed by atoms with Gasteiger partial charge in [-0.25, -0.2) is 4.98 Å². The van der Waals surface area contributed by atoms with Gasteiger partial charge in [-0.1, -0.05) is 6.07 Å². The second-order valence-electron chi connectivity index (χ2n) is 6.71. The molecule has 0 bridgehead atoms. The second-order valence-corrected chi connectivity index (χ2v) is 9.07. The average Bonchev–Trinajstić information content (AvgIpc) is 3.11. The maximum Gasteiger partial charge on any atom is 0.255 e. The number of hydrogen-bond acceptors (Lipinski definition) is 7. The number of aromatic nitrogens is 3. The summed E-state index contributed by atoms with van der Waals surface area (Å²) >= 11 is 3.75. The Hall–Kier alpha value is -2.16. The number of pyridine rings is 1. The second kappa shape index (κ2) is 10.4. The average molecular weight is 416 g/mol. The molecule has 0 aliphatic carbocycles. The van der Waals surface area contributed by atoms with E-state index in [2.05, 4.69) is 51.4 Å². The third-order valence-electron chi connectivity index (χ3n) is 3.96. The van der Waals surface area contributed by atoms with E-state index in [4.69, 9.17) is 0 Å². The van der Waals surface area contributed by atoms with Crippen molar-refractivity contribution in [3.05, 3.63) is 74.1 Å². The molecule has 0 radical (unpaired) electrons. The lowest BCUT2D eigenvalue weighted by atomic mass is 10.1. The van der Waals surface area contributed by atoms with Gasteiger partial charge in [-0.15, -0.1) is 11.3 Å². The third kappa shape index (κ3) is 6.47.